The largest absolute Gasteiger partial charge is 0.394 e. The van der Waals surface area contributed by atoms with Crippen molar-refractivity contribution in [3.63, 3.8) is 0 Å². The minimum absolute atomic E-state index is 0.495. The second kappa shape index (κ2) is 6.42. The summed E-state index contributed by atoms with van der Waals surface area (Å²) in [5.41, 5.74) is 6.64. The van der Waals surface area contributed by atoms with Gasteiger partial charge in [-0.15, -0.1) is 0 Å². The van der Waals surface area contributed by atoms with E-state index in [0.29, 0.717) is 17.6 Å². The number of nitrogens with zero attached hydrogens (tertiary/aromatic N) is 3. The van der Waals surface area contributed by atoms with Crippen LogP contribution in [0.3, 0.4) is 0 Å². The molecule has 1 heterocycles. The fourth-order valence-corrected chi connectivity index (χ4v) is 2.11. The maximum Gasteiger partial charge on any atom is 0.155 e. The zero-order valence-electron chi connectivity index (χ0n) is 11.3. The Morgan fingerprint density at radius 3 is 2.41 bits per heavy atom. The fourth-order valence-electron chi connectivity index (χ4n) is 2.11. The maximum absolute atomic E-state index is 5.98. The highest BCUT2D eigenvalue weighted by molar-refractivity contribution is 5.61. The van der Waals surface area contributed by atoms with E-state index in [1.807, 2.05) is 0 Å². The van der Waals surface area contributed by atoms with Gasteiger partial charge in [-0.1, -0.05) is 27.7 Å². The third-order valence-corrected chi connectivity index (χ3v) is 2.94. The first kappa shape index (κ1) is 13.7. The molecule has 0 fully saturated rings. The second-order valence-corrected chi connectivity index (χ2v) is 4.82. The first-order valence-corrected chi connectivity index (χ1v) is 6.42. The van der Waals surface area contributed by atoms with Crippen molar-refractivity contribution in [1.82, 2.24) is 9.97 Å². The van der Waals surface area contributed by atoms with Crippen molar-refractivity contribution in [2.24, 2.45) is 5.92 Å². The van der Waals surface area contributed by atoms with Crippen molar-refractivity contribution >= 4 is 11.5 Å². The Morgan fingerprint density at radius 2 is 1.94 bits per heavy atom. The number of nitrogens with two attached hydrogens (primary N) is 1. The molecular formula is C13H24N4. The summed E-state index contributed by atoms with van der Waals surface area (Å²) >= 11 is 0. The van der Waals surface area contributed by atoms with Crippen LogP contribution in [0.2, 0.25) is 0 Å². The third kappa shape index (κ3) is 3.58. The highest BCUT2D eigenvalue weighted by Crippen LogP contribution is 2.24. The first-order chi connectivity index (χ1) is 8.10. The Bertz CT molecular complexity index is 334. The topological polar surface area (TPSA) is 55.0 Å². The summed E-state index contributed by atoms with van der Waals surface area (Å²) < 4.78 is 0. The molecule has 96 valence electrons. The van der Waals surface area contributed by atoms with Gasteiger partial charge in [-0.2, -0.15) is 0 Å². The van der Waals surface area contributed by atoms with Crippen LogP contribution in [0.15, 0.2) is 12.5 Å². The number of aromatic nitrogens is 2. The van der Waals surface area contributed by atoms with E-state index in [1.54, 1.807) is 12.5 Å². The normalized spacial score (nSPS) is 11.2. The molecule has 0 aliphatic carbocycles. The molecule has 0 spiro atoms. The zero-order chi connectivity index (χ0) is 12.8. The van der Waals surface area contributed by atoms with E-state index in [-0.39, 0.29) is 0 Å². The molecule has 17 heavy (non-hydrogen) atoms. The molecule has 4 heteroatoms. The molecule has 0 aliphatic heterocycles. The van der Waals surface area contributed by atoms with E-state index in [2.05, 4.69) is 42.6 Å². The molecule has 1 rings (SSSR count). The predicted molar refractivity (Wildman–Crippen MR) is 73.0 cm³/mol. The summed E-state index contributed by atoms with van der Waals surface area (Å²) in [5, 5.41) is 0. The molecule has 1 aromatic heterocycles. The van der Waals surface area contributed by atoms with Crippen LogP contribution < -0.4 is 10.6 Å². The van der Waals surface area contributed by atoms with Crippen LogP contribution in [0.4, 0.5) is 11.5 Å². The van der Waals surface area contributed by atoms with Gasteiger partial charge in [0.05, 0.1) is 11.9 Å². The SMILES string of the molecule is CCC(CC)N(CC(C)C)c1ncncc1N. The van der Waals surface area contributed by atoms with E-state index in [4.69, 9.17) is 5.73 Å². The van der Waals surface area contributed by atoms with Crippen molar-refractivity contribution in [3.8, 4) is 0 Å². The van der Waals surface area contributed by atoms with Gasteiger partial charge < -0.3 is 10.6 Å². The van der Waals surface area contributed by atoms with E-state index < -0.39 is 0 Å². The standard InChI is InChI=1S/C13H24N4/c1-5-11(6-2)17(8-10(3)4)13-12(14)7-15-9-16-13/h7,9-11H,5-6,8,14H2,1-4H3. The van der Waals surface area contributed by atoms with Crippen LogP contribution in [0.1, 0.15) is 40.5 Å². The quantitative estimate of drug-likeness (QED) is 0.825. The van der Waals surface area contributed by atoms with Crippen molar-refractivity contribution < 1.29 is 0 Å². The molecule has 0 unspecified atom stereocenters. The van der Waals surface area contributed by atoms with Crippen molar-refractivity contribution in [2.45, 2.75) is 46.6 Å². The summed E-state index contributed by atoms with van der Waals surface area (Å²) in [4.78, 5) is 10.6. The number of nitrogen functional groups attached to an aromatic ring is 1. The van der Waals surface area contributed by atoms with Gasteiger partial charge in [0.1, 0.15) is 6.33 Å². The minimum Gasteiger partial charge on any atom is -0.394 e. The Kier molecular flexibility index (Phi) is 5.19. The molecule has 0 atom stereocenters. The lowest BCUT2D eigenvalue weighted by atomic mass is 10.1. The van der Waals surface area contributed by atoms with Crippen LogP contribution in [0.25, 0.3) is 0 Å². The molecule has 0 amide bonds. The second-order valence-electron chi connectivity index (χ2n) is 4.82. The first-order valence-electron chi connectivity index (χ1n) is 6.42. The molecule has 0 radical (unpaired) electrons. The lowest BCUT2D eigenvalue weighted by molar-refractivity contribution is 0.503. The molecule has 4 nitrogen and oxygen atoms in total. The fraction of sp³-hybridized carbons (Fsp3) is 0.692. The van der Waals surface area contributed by atoms with E-state index >= 15 is 0 Å². The third-order valence-electron chi connectivity index (χ3n) is 2.94. The van der Waals surface area contributed by atoms with Gasteiger partial charge in [0, 0.05) is 12.6 Å². The highest BCUT2D eigenvalue weighted by Gasteiger charge is 2.19. The summed E-state index contributed by atoms with van der Waals surface area (Å²) in [6.45, 7) is 9.82. The van der Waals surface area contributed by atoms with Crippen molar-refractivity contribution in [3.05, 3.63) is 12.5 Å². The van der Waals surface area contributed by atoms with Gasteiger partial charge in [-0.3, -0.25) is 0 Å². The van der Waals surface area contributed by atoms with Crippen LogP contribution >= 0.6 is 0 Å². The molecule has 0 saturated carbocycles. The van der Waals surface area contributed by atoms with Gasteiger partial charge >= 0.3 is 0 Å². The van der Waals surface area contributed by atoms with Crippen LogP contribution in [0.5, 0.6) is 0 Å². The monoisotopic (exact) mass is 236 g/mol. The average Bonchev–Trinajstić information content (AvgIpc) is 2.29. The summed E-state index contributed by atoms with van der Waals surface area (Å²) in [5.74, 6) is 1.47. The number of hydrogen-bond acceptors (Lipinski definition) is 4. The van der Waals surface area contributed by atoms with Gasteiger partial charge in [-0.05, 0) is 18.8 Å². The lowest BCUT2D eigenvalue weighted by Crippen LogP contribution is -2.38. The average molecular weight is 236 g/mol. The number of rotatable bonds is 6. The van der Waals surface area contributed by atoms with Crippen LogP contribution in [-0.4, -0.2) is 22.6 Å². The Labute approximate surface area is 104 Å². The summed E-state index contributed by atoms with van der Waals surface area (Å²) in [6, 6.07) is 0.495. The van der Waals surface area contributed by atoms with E-state index in [0.717, 1.165) is 25.2 Å². The van der Waals surface area contributed by atoms with E-state index in [9.17, 15) is 0 Å². The van der Waals surface area contributed by atoms with Crippen molar-refractivity contribution in [2.75, 3.05) is 17.2 Å². The lowest BCUT2D eigenvalue weighted by Gasteiger charge is -2.33. The smallest absolute Gasteiger partial charge is 0.155 e. The maximum atomic E-state index is 5.98. The number of hydrogen-bond donors (Lipinski definition) is 1. The Hall–Kier alpha value is -1.32. The Morgan fingerprint density at radius 1 is 1.29 bits per heavy atom. The molecule has 0 bridgehead atoms. The molecule has 2 N–H and O–H groups in total. The summed E-state index contributed by atoms with van der Waals surface area (Å²) in [7, 11) is 0. The van der Waals surface area contributed by atoms with Gasteiger partial charge in [-0.25, -0.2) is 9.97 Å². The van der Waals surface area contributed by atoms with Crippen LogP contribution in [0, 0.1) is 5.92 Å². The van der Waals surface area contributed by atoms with Gasteiger partial charge in [0.15, 0.2) is 5.82 Å². The molecular weight excluding hydrogens is 212 g/mol. The molecule has 0 aliphatic rings. The minimum atomic E-state index is 0.495. The predicted octanol–water partition coefficient (Wildman–Crippen LogP) is 2.71. The van der Waals surface area contributed by atoms with Crippen molar-refractivity contribution in [1.29, 1.82) is 0 Å². The molecule has 1 aromatic rings. The highest BCUT2D eigenvalue weighted by atomic mass is 15.2. The Balaban J connectivity index is 3.01. The van der Waals surface area contributed by atoms with Gasteiger partial charge in [0.25, 0.3) is 0 Å². The van der Waals surface area contributed by atoms with Gasteiger partial charge in [0.2, 0.25) is 0 Å². The molecule has 0 saturated heterocycles. The molecule has 0 aromatic carbocycles. The van der Waals surface area contributed by atoms with Crippen LogP contribution in [-0.2, 0) is 0 Å². The van der Waals surface area contributed by atoms with E-state index in [1.165, 1.54) is 0 Å². The summed E-state index contributed by atoms with van der Waals surface area (Å²) in [6.07, 6.45) is 5.46. The zero-order valence-corrected chi connectivity index (χ0v) is 11.3. The number of anilines is 2.